The van der Waals surface area contributed by atoms with Crippen molar-refractivity contribution in [2.75, 3.05) is 17.2 Å². The first-order valence-corrected chi connectivity index (χ1v) is 11.9. The third-order valence-corrected chi connectivity index (χ3v) is 6.06. The smallest absolute Gasteiger partial charge is 0.131 e. The van der Waals surface area contributed by atoms with E-state index in [0.717, 1.165) is 40.5 Å². The Balaban J connectivity index is 1.76. The lowest BCUT2D eigenvalue weighted by Gasteiger charge is -2.26. The topological polar surface area (TPSA) is 49.8 Å². The molecule has 0 unspecified atom stereocenters. The average molecular weight is 502 g/mol. The van der Waals surface area contributed by atoms with Gasteiger partial charge in [-0.1, -0.05) is 65.6 Å². The Morgan fingerprint density at radius 2 is 1.71 bits per heavy atom. The number of rotatable bonds is 10. The van der Waals surface area contributed by atoms with Gasteiger partial charge < -0.3 is 10.6 Å². The summed E-state index contributed by atoms with van der Waals surface area (Å²) in [5.74, 6) is 2.59. The number of hydrogen-bond acceptors (Lipinski definition) is 4. The predicted molar refractivity (Wildman–Crippen MR) is 135 cm³/mol. The first kappa shape index (κ1) is 23.6. The maximum absolute atomic E-state index is 6.09. The van der Waals surface area contributed by atoms with Gasteiger partial charge in [-0.25, -0.2) is 9.97 Å². The molecule has 0 amide bonds. The van der Waals surface area contributed by atoms with E-state index in [4.69, 9.17) is 11.6 Å². The molecule has 2 atom stereocenters. The quantitative estimate of drug-likeness (QED) is 0.309. The van der Waals surface area contributed by atoms with Crippen LogP contribution in [0.25, 0.3) is 0 Å². The number of anilines is 2. The molecule has 3 rings (SSSR count). The Morgan fingerprint density at radius 3 is 2.42 bits per heavy atom. The van der Waals surface area contributed by atoms with Gasteiger partial charge in [0.05, 0.1) is 0 Å². The van der Waals surface area contributed by atoms with Crippen molar-refractivity contribution in [1.29, 1.82) is 0 Å². The minimum absolute atomic E-state index is 0.156. The first-order valence-electron chi connectivity index (χ1n) is 10.7. The summed E-state index contributed by atoms with van der Waals surface area (Å²) in [6, 6.07) is 18.8. The molecule has 0 bridgehead atoms. The molecule has 0 radical (unpaired) electrons. The summed E-state index contributed by atoms with van der Waals surface area (Å²) in [4.78, 5) is 8.80. The summed E-state index contributed by atoms with van der Waals surface area (Å²) in [5.41, 5.74) is 2.52. The van der Waals surface area contributed by atoms with Crippen LogP contribution in [0.1, 0.15) is 44.2 Å². The van der Waals surface area contributed by atoms with Crippen LogP contribution in [0.4, 0.5) is 11.6 Å². The molecule has 0 aliphatic heterocycles. The van der Waals surface area contributed by atoms with E-state index in [9.17, 15) is 0 Å². The second-order valence-electron chi connectivity index (χ2n) is 8.32. The van der Waals surface area contributed by atoms with Gasteiger partial charge in [0.15, 0.2) is 0 Å². The van der Waals surface area contributed by atoms with Gasteiger partial charge in [0.2, 0.25) is 0 Å². The third-order valence-electron chi connectivity index (χ3n) is 5.32. The van der Waals surface area contributed by atoms with Gasteiger partial charge in [0, 0.05) is 34.1 Å². The Kier molecular flexibility index (Phi) is 8.73. The van der Waals surface area contributed by atoms with E-state index < -0.39 is 0 Å². The average Bonchev–Trinajstić information content (AvgIpc) is 2.73. The summed E-state index contributed by atoms with van der Waals surface area (Å²) in [6.07, 6.45) is 3.61. The van der Waals surface area contributed by atoms with Gasteiger partial charge in [-0.05, 0) is 61.1 Å². The van der Waals surface area contributed by atoms with Crippen LogP contribution in [0.2, 0.25) is 5.02 Å². The zero-order valence-electron chi connectivity index (χ0n) is 18.3. The molecule has 0 aliphatic rings. The Morgan fingerprint density at radius 1 is 0.968 bits per heavy atom. The van der Waals surface area contributed by atoms with Crippen molar-refractivity contribution in [3.8, 4) is 0 Å². The number of benzene rings is 2. The minimum atomic E-state index is 0.156. The fraction of sp³-hybridized carbons (Fsp3) is 0.360. The van der Waals surface area contributed by atoms with E-state index in [1.54, 1.807) is 6.33 Å². The van der Waals surface area contributed by atoms with Gasteiger partial charge in [-0.2, -0.15) is 0 Å². The van der Waals surface area contributed by atoms with Crippen LogP contribution in [0.3, 0.4) is 0 Å². The van der Waals surface area contributed by atoms with Gasteiger partial charge in [0.1, 0.15) is 18.0 Å². The molecule has 0 saturated carbocycles. The van der Waals surface area contributed by atoms with E-state index in [-0.39, 0.29) is 12.0 Å². The van der Waals surface area contributed by atoms with Crippen LogP contribution >= 0.6 is 27.5 Å². The lowest BCUT2D eigenvalue weighted by Crippen LogP contribution is -2.26. The van der Waals surface area contributed by atoms with Crippen LogP contribution < -0.4 is 10.6 Å². The molecule has 164 valence electrons. The Hall–Kier alpha value is -2.11. The van der Waals surface area contributed by atoms with E-state index >= 15 is 0 Å². The maximum Gasteiger partial charge on any atom is 0.131 e. The van der Waals surface area contributed by atoms with E-state index in [1.165, 1.54) is 11.1 Å². The molecule has 0 fully saturated rings. The molecule has 2 aromatic carbocycles. The largest absolute Gasteiger partial charge is 0.370 e. The molecule has 31 heavy (non-hydrogen) atoms. The van der Waals surface area contributed by atoms with Gasteiger partial charge in [-0.15, -0.1) is 0 Å². The molecule has 4 nitrogen and oxygen atoms in total. The van der Waals surface area contributed by atoms with Crippen molar-refractivity contribution in [1.82, 2.24) is 9.97 Å². The van der Waals surface area contributed by atoms with Crippen LogP contribution in [-0.4, -0.2) is 22.6 Å². The number of halogens is 2. The number of hydrogen-bond donors (Lipinski definition) is 2. The molecule has 0 saturated heterocycles. The lowest BCUT2D eigenvalue weighted by molar-refractivity contribution is 0.593. The molecule has 0 spiro atoms. The van der Waals surface area contributed by atoms with Gasteiger partial charge in [-0.3, -0.25) is 0 Å². The highest BCUT2D eigenvalue weighted by molar-refractivity contribution is 9.10. The summed E-state index contributed by atoms with van der Waals surface area (Å²) < 4.78 is 1.08. The Bertz CT molecular complexity index is 962. The number of nitrogens with zero attached hydrogens (tertiary/aromatic N) is 2. The van der Waals surface area contributed by atoms with Crippen molar-refractivity contribution in [3.63, 3.8) is 0 Å². The fourth-order valence-electron chi connectivity index (χ4n) is 3.55. The van der Waals surface area contributed by atoms with E-state index in [1.807, 2.05) is 18.2 Å². The molecule has 3 aromatic rings. The standard InChI is InChI=1S/C25H30BrClN4/c1-17(2)11-12-28-24-15-25(30-16-29-24)31-18(3)23(20-5-4-6-21(26)14-20)13-19-7-9-22(27)10-8-19/h4-10,14-18,23H,11-13H2,1-3H3,(H2,28,29,30,31)/t18-,23+/m0/s1. The third kappa shape index (κ3) is 7.51. The zero-order chi connectivity index (χ0) is 22.2. The SMILES string of the molecule is CC(C)CCNc1cc(N[C@@H](C)[C@@H](Cc2ccc(Cl)cc2)c2cccc(Br)c2)ncn1. The van der Waals surface area contributed by atoms with Gasteiger partial charge in [0.25, 0.3) is 0 Å². The van der Waals surface area contributed by atoms with Crippen LogP contribution in [0.5, 0.6) is 0 Å². The van der Waals surface area contributed by atoms with Crippen molar-refractivity contribution in [3.05, 3.63) is 81.5 Å². The van der Waals surface area contributed by atoms with Crippen molar-refractivity contribution in [2.24, 2.45) is 5.92 Å². The molecule has 1 aromatic heterocycles. The number of aromatic nitrogens is 2. The second kappa shape index (κ2) is 11.5. The normalized spacial score (nSPS) is 13.1. The predicted octanol–water partition coefficient (Wildman–Crippen LogP) is 7.18. The summed E-state index contributed by atoms with van der Waals surface area (Å²) in [7, 11) is 0. The maximum atomic E-state index is 6.09. The molecule has 2 N–H and O–H groups in total. The van der Waals surface area contributed by atoms with Crippen molar-refractivity contribution < 1.29 is 0 Å². The van der Waals surface area contributed by atoms with Crippen molar-refractivity contribution in [2.45, 2.75) is 45.6 Å². The second-order valence-corrected chi connectivity index (χ2v) is 9.67. The number of nitrogens with one attached hydrogen (secondary N) is 2. The van der Waals surface area contributed by atoms with Crippen LogP contribution in [0, 0.1) is 5.92 Å². The highest BCUT2D eigenvalue weighted by atomic mass is 79.9. The fourth-order valence-corrected chi connectivity index (χ4v) is 4.09. The highest BCUT2D eigenvalue weighted by Gasteiger charge is 2.21. The molecule has 6 heteroatoms. The summed E-state index contributed by atoms with van der Waals surface area (Å²) in [5, 5.41) is 7.75. The first-order chi connectivity index (χ1) is 14.9. The molecule has 1 heterocycles. The van der Waals surface area contributed by atoms with Crippen LogP contribution in [-0.2, 0) is 6.42 Å². The minimum Gasteiger partial charge on any atom is -0.370 e. The lowest BCUT2D eigenvalue weighted by atomic mass is 9.86. The summed E-state index contributed by atoms with van der Waals surface area (Å²) >= 11 is 9.70. The van der Waals surface area contributed by atoms with Gasteiger partial charge >= 0.3 is 0 Å². The Labute approximate surface area is 199 Å². The van der Waals surface area contributed by atoms with Crippen LogP contribution in [0.15, 0.2) is 65.4 Å². The summed E-state index contributed by atoms with van der Waals surface area (Å²) in [6.45, 7) is 7.55. The molecule has 0 aliphatic carbocycles. The van der Waals surface area contributed by atoms with Crippen molar-refractivity contribution >= 4 is 39.2 Å². The van der Waals surface area contributed by atoms with E-state index in [0.29, 0.717) is 5.92 Å². The zero-order valence-corrected chi connectivity index (χ0v) is 20.6. The van der Waals surface area contributed by atoms with E-state index in [2.05, 4.69) is 93.7 Å². The highest BCUT2D eigenvalue weighted by Crippen LogP contribution is 2.29. The monoisotopic (exact) mass is 500 g/mol. The molecular weight excluding hydrogens is 472 g/mol. The molecular formula is C25H30BrClN4.